The largest absolute Gasteiger partial charge is 0.486 e. The van der Waals surface area contributed by atoms with Crippen LogP contribution in [-0.2, 0) is 19.4 Å². The first-order valence-corrected chi connectivity index (χ1v) is 10.1. The van der Waals surface area contributed by atoms with E-state index in [-0.39, 0.29) is 23.1 Å². The number of amides is 1. The minimum absolute atomic E-state index is 0.0544. The lowest BCUT2D eigenvalue weighted by molar-refractivity contribution is -0.149. The van der Waals surface area contributed by atoms with Crippen LogP contribution in [-0.4, -0.2) is 61.4 Å². The predicted octanol–water partition coefficient (Wildman–Crippen LogP) is 1.09. The van der Waals surface area contributed by atoms with Gasteiger partial charge in [-0.1, -0.05) is 0 Å². The zero-order chi connectivity index (χ0) is 18.9. The summed E-state index contributed by atoms with van der Waals surface area (Å²) in [6.45, 7) is 2.19. The third kappa shape index (κ3) is 3.92. The van der Waals surface area contributed by atoms with Crippen molar-refractivity contribution in [3.05, 3.63) is 18.2 Å². The fourth-order valence-corrected chi connectivity index (χ4v) is 4.13. The monoisotopic (exact) mass is 383 g/mol. The van der Waals surface area contributed by atoms with Crippen molar-refractivity contribution in [2.75, 3.05) is 19.0 Å². The normalized spacial score (nSPS) is 17.4. The number of aliphatic carboxylic acids is 1. The summed E-state index contributed by atoms with van der Waals surface area (Å²) < 4.78 is 35.9. The third-order valence-electron chi connectivity index (χ3n) is 4.46. The number of ether oxygens (including phenoxy) is 2. The van der Waals surface area contributed by atoms with Crippen molar-refractivity contribution in [3.63, 3.8) is 0 Å². The Morgan fingerprint density at radius 1 is 1.23 bits per heavy atom. The molecule has 1 saturated carbocycles. The van der Waals surface area contributed by atoms with Gasteiger partial charge in [-0.2, -0.15) is 0 Å². The van der Waals surface area contributed by atoms with E-state index in [2.05, 4.69) is 0 Å². The SMILES string of the molecule is CC(C(=O)O)N(C(=O)CCS(=O)(=O)c1ccc2c(c1)OCCO2)C1CC1. The third-order valence-corrected chi connectivity index (χ3v) is 6.17. The molecule has 3 rings (SSSR count). The second-order valence-electron chi connectivity index (χ2n) is 6.42. The summed E-state index contributed by atoms with van der Waals surface area (Å²) in [6.07, 6.45) is 1.24. The van der Waals surface area contributed by atoms with Gasteiger partial charge in [-0.25, -0.2) is 13.2 Å². The Morgan fingerprint density at radius 3 is 2.50 bits per heavy atom. The van der Waals surface area contributed by atoms with Gasteiger partial charge in [-0.05, 0) is 31.9 Å². The lowest BCUT2D eigenvalue weighted by Gasteiger charge is -2.26. The van der Waals surface area contributed by atoms with Gasteiger partial charge < -0.3 is 19.5 Å². The van der Waals surface area contributed by atoms with Crippen molar-refractivity contribution < 1.29 is 32.6 Å². The number of sulfone groups is 1. The molecular formula is C17H21NO7S. The molecule has 1 N–H and O–H groups in total. The molecule has 0 radical (unpaired) electrons. The van der Waals surface area contributed by atoms with Gasteiger partial charge in [0.15, 0.2) is 21.3 Å². The molecule has 0 spiro atoms. The first kappa shape index (κ1) is 18.5. The number of carbonyl (C=O) groups is 2. The lowest BCUT2D eigenvalue weighted by atomic mass is 10.2. The molecule has 9 heteroatoms. The van der Waals surface area contributed by atoms with E-state index in [1.54, 1.807) is 0 Å². The fraction of sp³-hybridized carbons (Fsp3) is 0.529. The number of benzene rings is 1. The van der Waals surface area contributed by atoms with E-state index < -0.39 is 27.8 Å². The van der Waals surface area contributed by atoms with Crippen molar-refractivity contribution >= 4 is 21.7 Å². The number of hydrogen-bond acceptors (Lipinski definition) is 6. The van der Waals surface area contributed by atoms with E-state index in [4.69, 9.17) is 14.6 Å². The Morgan fingerprint density at radius 2 is 1.88 bits per heavy atom. The molecule has 1 aliphatic heterocycles. The minimum atomic E-state index is -3.70. The van der Waals surface area contributed by atoms with Gasteiger partial charge in [0.2, 0.25) is 5.91 Å². The summed E-state index contributed by atoms with van der Waals surface area (Å²) in [5.74, 6) is -1.09. The summed E-state index contributed by atoms with van der Waals surface area (Å²) in [6, 6.07) is 3.28. The van der Waals surface area contributed by atoms with Crippen molar-refractivity contribution in [1.82, 2.24) is 4.90 Å². The molecule has 8 nitrogen and oxygen atoms in total. The molecule has 0 saturated heterocycles. The molecular weight excluding hydrogens is 362 g/mol. The molecule has 1 heterocycles. The zero-order valence-electron chi connectivity index (χ0n) is 14.4. The van der Waals surface area contributed by atoms with Gasteiger partial charge in [-0.3, -0.25) is 4.79 Å². The van der Waals surface area contributed by atoms with Gasteiger partial charge in [0.1, 0.15) is 19.3 Å². The second-order valence-corrected chi connectivity index (χ2v) is 8.53. The Balaban J connectivity index is 1.69. The highest BCUT2D eigenvalue weighted by Crippen LogP contribution is 2.33. The fourth-order valence-electron chi connectivity index (χ4n) is 2.89. The van der Waals surface area contributed by atoms with E-state index in [0.717, 1.165) is 12.8 Å². The van der Waals surface area contributed by atoms with Gasteiger partial charge in [0, 0.05) is 18.5 Å². The van der Waals surface area contributed by atoms with E-state index in [1.165, 1.54) is 30.0 Å². The summed E-state index contributed by atoms with van der Waals surface area (Å²) >= 11 is 0. The highest BCUT2D eigenvalue weighted by Gasteiger charge is 2.38. The zero-order valence-corrected chi connectivity index (χ0v) is 15.2. The van der Waals surface area contributed by atoms with Gasteiger partial charge in [-0.15, -0.1) is 0 Å². The highest BCUT2D eigenvalue weighted by atomic mass is 32.2. The average molecular weight is 383 g/mol. The van der Waals surface area contributed by atoms with Crippen molar-refractivity contribution in [1.29, 1.82) is 0 Å². The number of rotatable bonds is 7. The van der Waals surface area contributed by atoms with E-state index in [1.807, 2.05) is 0 Å². The lowest BCUT2D eigenvalue weighted by Crippen LogP contribution is -2.45. The number of nitrogens with zero attached hydrogens (tertiary/aromatic N) is 1. The smallest absolute Gasteiger partial charge is 0.326 e. The average Bonchev–Trinajstić information content (AvgIpc) is 3.44. The Labute approximate surface area is 151 Å². The van der Waals surface area contributed by atoms with Crippen LogP contribution < -0.4 is 9.47 Å². The molecule has 1 aliphatic carbocycles. The number of hydrogen-bond donors (Lipinski definition) is 1. The molecule has 1 fully saturated rings. The van der Waals surface area contributed by atoms with Crippen LogP contribution in [0, 0.1) is 0 Å². The van der Waals surface area contributed by atoms with Crippen LogP contribution in [0.3, 0.4) is 0 Å². The van der Waals surface area contributed by atoms with Gasteiger partial charge in [0.05, 0.1) is 10.6 Å². The van der Waals surface area contributed by atoms with Crippen LogP contribution in [0.4, 0.5) is 0 Å². The molecule has 1 aromatic rings. The Hall–Kier alpha value is -2.29. The topological polar surface area (TPSA) is 110 Å². The summed E-state index contributed by atoms with van der Waals surface area (Å²) in [7, 11) is -3.70. The van der Waals surface area contributed by atoms with Crippen LogP contribution in [0.1, 0.15) is 26.2 Å². The van der Waals surface area contributed by atoms with E-state index in [9.17, 15) is 18.0 Å². The van der Waals surface area contributed by atoms with Crippen LogP contribution in [0.2, 0.25) is 0 Å². The molecule has 1 atom stereocenters. The first-order valence-electron chi connectivity index (χ1n) is 8.46. The molecule has 0 bridgehead atoms. The number of carbonyl (C=O) groups excluding carboxylic acids is 1. The maximum Gasteiger partial charge on any atom is 0.326 e. The van der Waals surface area contributed by atoms with E-state index in [0.29, 0.717) is 24.7 Å². The summed E-state index contributed by atoms with van der Waals surface area (Å²) in [5.41, 5.74) is 0. The summed E-state index contributed by atoms with van der Waals surface area (Å²) in [4.78, 5) is 25.0. The first-order chi connectivity index (χ1) is 12.3. The number of fused-ring (bicyclic) bond motifs is 1. The number of carboxylic acids is 1. The maximum atomic E-state index is 12.6. The van der Waals surface area contributed by atoms with Crippen LogP contribution in [0.25, 0.3) is 0 Å². The molecule has 1 aromatic carbocycles. The predicted molar refractivity (Wildman–Crippen MR) is 91.1 cm³/mol. The Kier molecular flexibility index (Phi) is 5.08. The molecule has 142 valence electrons. The molecule has 26 heavy (non-hydrogen) atoms. The standard InChI is InChI=1S/C17H21NO7S/c1-11(17(20)21)18(12-2-3-12)16(19)6-9-26(22,23)13-4-5-14-15(10-13)25-8-7-24-14/h4-5,10-12H,2-3,6-9H2,1H3,(H,20,21). The van der Waals surface area contributed by atoms with Gasteiger partial charge >= 0.3 is 5.97 Å². The second kappa shape index (κ2) is 7.14. The van der Waals surface area contributed by atoms with Crippen LogP contribution in [0.15, 0.2) is 23.1 Å². The van der Waals surface area contributed by atoms with E-state index >= 15 is 0 Å². The maximum absolute atomic E-state index is 12.6. The summed E-state index contributed by atoms with van der Waals surface area (Å²) in [5, 5.41) is 9.16. The quantitative estimate of drug-likeness (QED) is 0.750. The highest BCUT2D eigenvalue weighted by molar-refractivity contribution is 7.91. The van der Waals surface area contributed by atoms with Crippen LogP contribution >= 0.6 is 0 Å². The van der Waals surface area contributed by atoms with Crippen LogP contribution in [0.5, 0.6) is 11.5 Å². The number of carboxylic acid groups (broad SMARTS) is 1. The van der Waals surface area contributed by atoms with Crippen molar-refractivity contribution in [2.45, 2.75) is 43.2 Å². The molecule has 0 aromatic heterocycles. The molecule has 2 aliphatic rings. The Bertz CT molecular complexity index is 816. The van der Waals surface area contributed by atoms with Gasteiger partial charge in [0.25, 0.3) is 0 Å². The van der Waals surface area contributed by atoms with Crippen molar-refractivity contribution in [3.8, 4) is 11.5 Å². The minimum Gasteiger partial charge on any atom is -0.486 e. The molecule has 1 amide bonds. The van der Waals surface area contributed by atoms with Crippen molar-refractivity contribution in [2.24, 2.45) is 0 Å². The molecule has 1 unspecified atom stereocenters.